The first kappa shape index (κ1) is 14.3. The summed E-state index contributed by atoms with van der Waals surface area (Å²) in [4.78, 5) is 15.5. The third kappa shape index (κ3) is 3.45. The van der Waals surface area contributed by atoms with Gasteiger partial charge in [0, 0.05) is 18.2 Å². The van der Waals surface area contributed by atoms with E-state index >= 15 is 0 Å². The van der Waals surface area contributed by atoms with Gasteiger partial charge in [0.15, 0.2) is 0 Å². The number of sulfone groups is 1. The molecule has 1 heterocycles. The average molecular weight is 294 g/mol. The molecule has 0 unspecified atom stereocenters. The molecule has 6 nitrogen and oxygen atoms in total. The van der Waals surface area contributed by atoms with Crippen LogP contribution in [0.3, 0.4) is 0 Å². The minimum Gasteiger partial charge on any atom is -0.478 e. The Labute approximate surface area is 116 Å². The number of para-hydroxylation sites is 1. The second-order valence-electron chi connectivity index (χ2n) is 4.44. The van der Waals surface area contributed by atoms with E-state index in [1.165, 1.54) is 6.07 Å². The number of aromatic carboxylic acids is 1. The number of anilines is 1. The van der Waals surface area contributed by atoms with Gasteiger partial charge in [0.25, 0.3) is 0 Å². The summed E-state index contributed by atoms with van der Waals surface area (Å²) in [6, 6.07) is 8.66. The molecule has 0 atom stereocenters. The van der Waals surface area contributed by atoms with Crippen LogP contribution in [0.25, 0.3) is 10.9 Å². The molecular weight excluding hydrogens is 280 g/mol. The fourth-order valence-corrected chi connectivity index (χ4v) is 2.24. The number of carboxylic acids is 1. The Bertz CT molecular complexity index is 756. The van der Waals surface area contributed by atoms with Gasteiger partial charge in [-0.1, -0.05) is 18.2 Å². The fraction of sp³-hybridized carbons (Fsp3) is 0.231. The lowest BCUT2D eigenvalue weighted by Gasteiger charge is -2.09. The van der Waals surface area contributed by atoms with Crippen molar-refractivity contribution in [2.24, 2.45) is 0 Å². The molecule has 106 valence electrons. The highest BCUT2D eigenvalue weighted by molar-refractivity contribution is 7.90. The lowest BCUT2D eigenvalue weighted by Crippen LogP contribution is -2.16. The SMILES string of the molecule is CS(=O)(=O)CCNc1nc2ccccc2cc1C(=O)O. The summed E-state index contributed by atoms with van der Waals surface area (Å²) in [6.07, 6.45) is 1.13. The van der Waals surface area contributed by atoms with Crippen LogP contribution >= 0.6 is 0 Å². The maximum Gasteiger partial charge on any atom is 0.339 e. The number of aromatic nitrogens is 1. The van der Waals surface area contributed by atoms with Crippen molar-refractivity contribution in [1.29, 1.82) is 0 Å². The van der Waals surface area contributed by atoms with Crippen molar-refractivity contribution in [3.05, 3.63) is 35.9 Å². The highest BCUT2D eigenvalue weighted by Crippen LogP contribution is 2.20. The van der Waals surface area contributed by atoms with Gasteiger partial charge in [0.1, 0.15) is 21.2 Å². The van der Waals surface area contributed by atoms with E-state index in [-0.39, 0.29) is 23.7 Å². The fourth-order valence-electron chi connectivity index (χ4n) is 1.77. The number of benzene rings is 1. The van der Waals surface area contributed by atoms with Crippen LogP contribution in [0.1, 0.15) is 10.4 Å². The van der Waals surface area contributed by atoms with Crippen LogP contribution < -0.4 is 5.32 Å². The van der Waals surface area contributed by atoms with Crippen molar-refractivity contribution < 1.29 is 18.3 Å². The molecule has 0 saturated heterocycles. The number of hydrogen-bond donors (Lipinski definition) is 2. The van der Waals surface area contributed by atoms with E-state index in [0.717, 1.165) is 11.6 Å². The Kier molecular flexibility index (Phi) is 3.89. The Morgan fingerprint density at radius 2 is 2.05 bits per heavy atom. The number of nitrogens with one attached hydrogen (secondary N) is 1. The quantitative estimate of drug-likeness (QED) is 0.865. The lowest BCUT2D eigenvalue weighted by atomic mass is 10.1. The zero-order valence-electron chi connectivity index (χ0n) is 10.8. The molecular formula is C13H14N2O4S. The number of fused-ring (bicyclic) bond motifs is 1. The van der Waals surface area contributed by atoms with Crippen LogP contribution in [-0.2, 0) is 9.84 Å². The molecule has 0 spiro atoms. The standard InChI is InChI=1S/C13H14N2O4S/c1-20(18,19)7-6-14-12-10(13(16)17)8-9-4-2-3-5-11(9)15-12/h2-5,8H,6-7H2,1H3,(H,14,15)(H,16,17). The molecule has 2 N–H and O–H groups in total. The van der Waals surface area contributed by atoms with Gasteiger partial charge in [-0.3, -0.25) is 0 Å². The van der Waals surface area contributed by atoms with Crippen LogP contribution in [0, 0.1) is 0 Å². The normalized spacial score (nSPS) is 11.4. The van der Waals surface area contributed by atoms with Crippen molar-refractivity contribution >= 4 is 32.5 Å². The second kappa shape index (κ2) is 5.46. The zero-order chi connectivity index (χ0) is 14.8. The van der Waals surface area contributed by atoms with Crippen molar-refractivity contribution in [3.63, 3.8) is 0 Å². The summed E-state index contributed by atoms with van der Waals surface area (Å²) in [5, 5.41) is 12.7. The minimum atomic E-state index is -3.11. The van der Waals surface area contributed by atoms with Crippen LogP contribution in [0.5, 0.6) is 0 Å². The smallest absolute Gasteiger partial charge is 0.339 e. The Morgan fingerprint density at radius 1 is 1.35 bits per heavy atom. The van der Waals surface area contributed by atoms with Crippen LogP contribution in [0.2, 0.25) is 0 Å². The van der Waals surface area contributed by atoms with E-state index in [2.05, 4.69) is 10.3 Å². The summed E-state index contributed by atoms with van der Waals surface area (Å²) >= 11 is 0. The number of carbonyl (C=O) groups is 1. The van der Waals surface area contributed by atoms with E-state index < -0.39 is 15.8 Å². The molecule has 0 fully saturated rings. The first-order valence-electron chi connectivity index (χ1n) is 5.91. The first-order chi connectivity index (χ1) is 9.37. The van der Waals surface area contributed by atoms with Crippen molar-refractivity contribution in [3.8, 4) is 0 Å². The number of pyridine rings is 1. The molecule has 1 aromatic carbocycles. The average Bonchev–Trinajstić information content (AvgIpc) is 2.36. The predicted molar refractivity (Wildman–Crippen MR) is 76.9 cm³/mol. The highest BCUT2D eigenvalue weighted by atomic mass is 32.2. The lowest BCUT2D eigenvalue weighted by molar-refractivity contribution is 0.0697. The Balaban J connectivity index is 2.34. The van der Waals surface area contributed by atoms with Gasteiger partial charge < -0.3 is 10.4 Å². The van der Waals surface area contributed by atoms with Crippen LogP contribution in [-0.4, -0.2) is 43.0 Å². The van der Waals surface area contributed by atoms with Gasteiger partial charge >= 0.3 is 5.97 Å². The van der Waals surface area contributed by atoms with Crippen molar-refractivity contribution in [1.82, 2.24) is 4.98 Å². The maximum absolute atomic E-state index is 11.2. The van der Waals surface area contributed by atoms with E-state index in [0.29, 0.717) is 5.52 Å². The number of hydrogen-bond acceptors (Lipinski definition) is 5. The third-order valence-electron chi connectivity index (χ3n) is 2.72. The van der Waals surface area contributed by atoms with Gasteiger partial charge in [0.2, 0.25) is 0 Å². The van der Waals surface area contributed by atoms with Gasteiger partial charge in [-0.15, -0.1) is 0 Å². The van der Waals surface area contributed by atoms with Gasteiger partial charge in [0.05, 0.1) is 11.3 Å². The summed E-state index contributed by atoms with van der Waals surface area (Å²) in [6.45, 7) is 0.116. The predicted octanol–water partition coefficient (Wildman–Crippen LogP) is 1.39. The van der Waals surface area contributed by atoms with E-state index in [1.54, 1.807) is 24.3 Å². The Hall–Kier alpha value is -2.15. The monoisotopic (exact) mass is 294 g/mol. The zero-order valence-corrected chi connectivity index (χ0v) is 11.6. The van der Waals surface area contributed by atoms with E-state index in [9.17, 15) is 18.3 Å². The largest absolute Gasteiger partial charge is 0.478 e. The molecule has 0 aliphatic heterocycles. The third-order valence-corrected chi connectivity index (χ3v) is 3.67. The van der Waals surface area contributed by atoms with Gasteiger partial charge in [-0.05, 0) is 12.1 Å². The van der Waals surface area contributed by atoms with Crippen LogP contribution in [0.15, 0.2) is 30.3 Å². The molecule has 2 aromatic rings. The molecule has 0 aliphatic carbocycles. The topological polar surface area (TPSA) is 96.4 Å². The number of rotatable bonds is 5. The molecule has 20 heavy (non-hydrogen) atoms. The molecule has 0 saturated carbocycles. The first-order valence-corrected chi connectivity index (χ1v) is 7.97. The molecule has 0 amide bonds. The highest BCUT2D eigenvalue weighted by Gasteiger charge is 2.13. The minimum absolute atomic E-state index is 0.0252. The molecule has 0 radical (unpaired) electrons. The maximum atomic E-state index is 11.2. The molecule has 0 bridgehead atoms. The van der Waals surface area contributed by atoms with E-state index in [1.807, 2.05) is 0 Å². The van der Waals surface area contributed by atoms with Crippen molar-refractivity contribution in [2.45, 2.75) is 0 Å². The van der Waals surface area contributed by atoms with Crippen molar-refractivity contribution in [2.75, 3.05) is 23.9 Å². The summed E-state index contributed by atoms with van der Waals surface area (Å²) in [5.41, 5.74) is 0.677. The molecule has 2 rings (SSSR count). The molecule has 1 aromatic heterocycles. The molecule has 7 heteroatoms. The Morgan fingerprint density at radius 3 is 2.70 bits per heavy atom. The molecule has 0 aliphatic rings. The number of carboxylic acid groups (broad SMARTS) is 1. The summed E-state index contributed by atoms with van der Waals surface area (Å²) < 4.78 is 22.2. The number of nitrogens with zero attached hydrogens (tertiary/aromatic N) is 1. The van der Waals surface area contributed by atoms with Gasteiger partial charge in [-0.2, -0.15) is 0 Å². The summed E-state index contributed by atoms with van der Waals surface area (Å²) in [7, 11) is -3.11. The van der Waals surface area contributed by atoms with E-state index in [4.69, 9.17) is 0 Å². The van der Waals surface area contributed by atoms with Crippen LogP contribution in [0.4, 0.5) is 5.82 Å². The van der Waals surface area contributed by atoms with Gasteiger partial charge in [-0.25, -0.2) is 18.2 Å². The second-order valence-corrected chi connectivity index (χ2v) is 6.70. The summed E-state index contributed by atoms with van der Waals surface area (Å²) in [5.74, 6) is -1.01.